The lowest BCUT2D eigenvalue weighted by molar-refractivity contribution is -0.136. The lowest BCUT2D eigenvalue weighted by Crippen LogP contribution is -2.54. The molecule has 2 aliphatic rings. The molecule has 1 fully saturated rings. The number of imide groups is 2. The first-order chi connectivity index (χ1) is 30.6. The average molecular weight is 875 g/mol. The average Bonchev–Trinajstić information content (AvgIpc) is 3.53. The van der Waals surface area contributed by atoms with Crippen LogP contribution in [0.2, 0.25) is 5.02 Å². The van der Waals surface area contributed by atoms with Crippen LogP contribution in [-0.4, -0.2) is 94.0 Å². The minimum atomic E-state index is -1.06. The van der Waals surface area contributed by atoms with Crippen LogP contribution in [0.4, 0.5) is 0 Å². The van der Waals surface area contributed by atoms with Crippen LogP contribution in [-0.2, 0) is 23.8 Å². The molecular weight excluding hydrogens is 836 g/mol. The minimum absolute atomic E-state index is 0.0302. The summed E-state index contributed by atoms with van der Waals surface area (Å²) in [5.74, 6) is -1.04. The molecule has 17 heteroatoms. The summed E-state index contributed by atoms with van der Waals surface area (Å²) in [6.45, 7) is 4.14. The number of fused-ring (bicyclic) bond motifs is 2. The van der Waals surface area contributed by atoms with Gasteiger partial charge in [-0.05, 0) is 73.5 Å². The summed E-state index contributed by atoms with van der Waals surface area (Å²) in [5.41, 5.74) is 2.33. The third-order valence-corrected chi connectivity index (χ3v) is 10.3. The Hall–Kier alpha value is -7.08. The van der Waals surface area contributed by atoms with Crippen LogP contribution in [0.15, 0.2) is 82.0 Å². The summed E-state index contributed by atoms with van der Waals surface area (Å²) in [7, 11) is 0. The second-order valence-corrected chi connectivity index (χ2v) is 14.5. The van der Waals surface area contributed by atoms with Crippen LogP contribution in [0.1, 0.15) is 51.6 Å². The number of piperidine rings is 1. The molecule has 1 saturated heterocycles. The first-order valence-corrected chi connectivity index (χ1v) is 20.3. The van der Waals surface area contributed by atoms with Crippen LogP contribution in [0.25, 0.3) is 33.4 Å². The van der Waals surface area contributed by atoms with Crippen molar-refractivity contribution in [3.8, 4) is 51.8 Å². The molecule has 16 nitrogen and oxygen atoms in total. The third-order valence-electron chi connectivity index (χ3n) is 9.99. The number of hydrogen-bond donors (Lipinski definition) is 1. The van der Waals surface area contributed by atoms with Crippen LogP contribution >= 0.6 is 11.6 Å². The SMILES string of the molecule is CCOc1cc2oc(-c3ccc(OCCOCCOCCOCCOc4cccc5c4C(=O)N(C4CCC(=O)NC4=O)C5=O)cc3Cl)cc(=O)c2cc1-c1cc(C#N)cc(C#N)c1. The standard InChI is InChI=1S/C46H39ClN4O12/c1-2-60-39-24-41-34(22-33(39)29-19-27(25-48)18-28(20-29)26-49)37(52)23-40(63-41)31-7-6-30(21-35(31)47)61-16-14-58-12-10-57-11-13-59-15-17-62-38-5-3-4-32-43(38)46(56)51(45(32)55)36-8-9-42(53)50-44(36)54/h3-7,18-24,36H,2,8-17H2,1H3,(H,50,53,54). The fourth-order valence-electron chi connectivity index (χ4n) is 7.09. The molecule has 0 radical (unpaired) electrons. The summed E-state index contributed by atoms with van der Waals surface area (Å²) < 4.78 is 40.3. The molecule has 7 rings (SSSR count). The van der Waals surface area contributed by atoms with E-state index < -0.39 is 29.7 Å². The van der Waals surface area contributed by atoms with Crippen molar-refractivity contribution < 1.29 is 52.0 Å². The van der Waals surface area contributed by atoms with Crippen molar-refractivity contribution in [1.29, 1.82) is 10.5 Å². The number of nitrogens with one attached hydrogen (secondary N) is 1. The molecule has 2 aliphatic heterocycles. The van der Waals surface area contributed by atoms with E-state index in [1.54, 1.807) is 54.6 Å². The Bertz CT molecular complexity index is 2710. The maximum absolute atomic E-state index is 13.4. The topological polar surface area (TPSA) is 217 Å². The molecule has 1 N–H and O–H groups in total. The smallest absolute Gasteiger partial charge is 0.266 e. The second kappa shape index (κ2) is 20.2. The van der Waals surface area contributed by atoms with E-state index in [9.17, 15) is 34.5 Å². The van der Waals surface area contributed by atoms with Gasteiger partial charge in [0, 0.05) is 29.7 Å². The maximum Gasteiger partial charge on any atom is 0.266 e. The predicted octanol–water partition coefficient (Wildman–Crippen LogP) is 5.83. The molecule has 5 aromatic rings. The van der Waals surface area contributed by atoms with Gasteiger partial charge < -0.3 is 32.8 Å². The van der Waals surface area contributed by atoms with Crippen molar-refractivity contribution in [1.82, 2.24) is 10.2 Å². The van der Waals surface area contributed by atoms with Gasteiger partial charge in [-0.1, -0.05) is 17.7 Å². The van der Waals surface area contributed by atoms with E-state index >= 15 is 0 Å². The molecule has 0 aliphatic carbocycles. The van der Waals surface area contributed by atoms with Gasteiger partial charge >= 0.3 is 0 Å². The quantitative estimate of drug-likeness (QED) is 0.0763. The molecule has 4 amide bonds. The summed E-state index contributed by atoms with van der Waals surface area (Å²) in [4.78, 5) is 64.4. The van der Waals surface area contributed by atoms with Crippen LogP contribution in [0, 0.1) is 22.7 Å². The minimum Gasteiger partial charge on any atom is -0.493 e. The summed E-state index contributed by atoms with van der Waals surface area (Å²) in [5, 5.41) is 21.7. The molecule has 0 saturated carbocycles. The van der Waals surface area contributed by atoms with Gasteiger partial charge in [0.15, 0.2) is 5.43 Å². The van der Waals surface area contributed by atoms with Gasteiger partial charge in [0.05, 0.1) is 91.0 Å². The molecule has 1 aromatic heterocycles. The largest absolute Gasteiger partial charge is 0.493 e. The number of benzene rings is 4. The highest BCUT2D eigenvalue weighted by Gasteiger charge is 2.46. The highest BCUT2D eigenvalue weighted by atomic mass is 35.5. The number of nitrogens with zero attached hydrogens (tertiary/aromatic N) is 3. The van der Waals surface area contributed by atoms with Crippen molar-refractivity contribution in [3.05, 3.63) is 110 Å². The van der Waals surface area contributed by atoms with Gasteiger partial charge in [0.1, 0.15) is 47.8 Å². The Morgan fingerprint density at radius 1 is 0.730 bits per heavy atom. The number of amides is 4. The van der Waals surface area contributed by atoms with Crippen LogP contribution in [0.3, 0.4) is 0 Å². The molecule has 0 spiro atoms. The van der Waals surface area contributed by atoms with Gasteiger partial charge in [0.25, 0.3) is 11.8 Å². The molecule has 322 valence electrons. The van der Waals surface area contributed by atoms with Crippen molar-refractivity contribution in [2.24, 2.45) is 0 Å². The number of ether oxygens (including phenoxy) is 6. The van der Waals surface area contributed by atoms with Crippen molar-refractivity contribution >= 4 is 46.2 Å². The molecule has 63 heavy (non-hydrogen) atoms. The summed E-state index contributed by atoms with van der Waals surface area (Å²) in [6, 6.07) is 22.1. The Balaban J connectivity index is 0.815. The van der Waals surface area contributed by atoms with E-state index in [2.05, 4.69) is 17.5 Å². The zero-order valence-corrected chi connectivity index (χ0v) is 34.7. The van der Waals surface area contributed by atoms with Crippen molar-refractivity contribution in [2.45, 2.75) is 25.8 Å². The number of rotatable bonds is 19. The van der Waals surface area contributed by atoms with E-state index in [-0.39, 0.29) is 84.9 Å². The zero-order valence-electron chi connectivity index (χ0n) is 33.9. The molecular formula is C46H39ClN4O12. The first kappa shape index (κ1) is 44.0. The van der Waals surface area contributed by atoms with Gasteiger partial charge in [-0.25, -0.2) is 0 Å². The lowest BCUT2D eigenvalue weighted by atomic mass is 9.98. The van der Waals surface area contributed by atoms with E-state index in [1.165, 1.54) is 18.2 Å². The van der Waals surface area contributed by atoms with E-state index in [1.807, 2.05) is 6.92 Å². The van der Waals surface area contributed by atoms with Gasteiger partial charge in [0.2, 0.25) is 11.8 Å². The third kappa shape index (κ3) is 10.0. The fraction of sp³-hybridized carbons (Fsp3) is 0.283. The second-order valence-electron chi connectivity index (χ2n) is 14.1. The monoisotopic (exact) mass is 874 g/mol. The van der Waals surface area contributed by atoms with Crippen molar-refractivity contribution in [2.75, 3.05) is 59.5 Å². The lowest BCUT2D eigenvalue weighted by Gasteiger charge is -2.27. The van der Waals surface area contributed by atoms with Gasteiger partial charge in [-0.15, -0.1) is 0 Å². The number of carbonyl (C=O) groups is 4. The Morgan fingerprint density at radius 3 is 2.06 bits per heavy atom. The molecule has 1 atom stereocenters. The zero-order chi connectivity index (χ0) is 44.5. The van der Waals surface area contributed by atoms with Crippen LogP contribution < -0.4 is 25.0 Å². The van der Waals surface area contributed by atoms with Crippen molar-refractivity contribution in [3.63, 3.8) is 0 Å². The maximum atomic E-state index is 13.4. The van der Waals surface area contributed by atoms with E-state index in [4.69, 9.17) is 44.4 Å². The Labute approximate surface area is 365 Å². The van der Waals surface area contributed by atoms with E-state index in [0.29, 0.717) is 70.8 Å². The normalized spacial score (nSPS) is 14.6. The van der Waals surface area contributed by atoms with Crippen LogP contribution in [0.5, 0.6) is 17.2 Å². The number of carbonyl (C=O) groups excluding carboxylic acids is 4. The predicted molar refractivity (Wildman–Crippen MR) is 226 cm³/mol. The number of halogens is 1. The van der Waals surface area contributed by atoms with Gasteiger partial charge in [-0.2, -0.15) is 10.5 Å². The molecule has 1 unspecified atom stereocenters. The summed E-state index contributed by atoms with van der Waals surface area (Å²) >= 11 is 6.63. The highest BCUT2D eigenvalue weighted by molar-refractivity contribution is 6.33. The first-order valence-electron chi connectivity index (χ1n) is 19.9. The molecule has 3 heterocycles. The Kier molecular flexibility index (Phi) is 14.1. The number of nitriles is 2. The Morgan fingerprint density at radius 2 is 1.41 bits per heavy atom. The highest BCUT2D eigenvalue weighted by Crippen LogP contribution is 2.38. The molecule has 0 bridgehead atoms. The van der Waals surface area contributed by atoms with E-state index in [0.717, 1.165) is 4.90 Å². The summed E-state index contributed by atoms with van der Waals surface area (Å²) in [6.07, 6.45) is 0.0921. The van der Waals surface area contributed by atoms with Gasteiger partial charge in [-0.3, -0.25) is 34.2 Å². The number of hydrogen-bond acceptors (Lipinski definition) is 14. The molecule has 4 aromatic carbocycles. The fourth-order valence-corrected chi connectivity index (χ4v) is 7.35.